The van der Waals surface area contributed by atoms with Gasteiger partial charge in [-0.3, -0.25) is 9.69 Å². The fourth-order valence-electron chi connectivity index (χ4n) is 2.63. The molecule has 5 nitrogen and oxygen atoms in total. The van der Waals surface area contributed by atoms with E-state index in [0.717, 1.165) is 25.0 Å². The minimum absolute atomic E-state index is 0.0752. The normalized spacial score (nSPS) is 22.5. The van der Waals surface area contributed by atoms with Crippen LogP contribution >= 0.6 is 24.0 Å². The molecule has 0 N–H and O–H groups in total. The standard InChI is InChI=1S/C17H17NO4S2/c1-21-16(20)12-6-4-11(5-7-12)9-14-15(19)18(17(23)24-14)10-13-3-2-8-22-13/h4-7,9,13H,2-3,8,10H2,1H3/b14-9-/t13-/m0/s1. The second-order valence-corrected chi connectivity index (χ2v) is 7.22. The third kappa shape index (κ3) is 3.68. The van der Waals surface area contributed by atoms with Crippen LogP contribution in [0.3, 0.4) is 0 Å². The van der Waals surface area contributed by atoms with Gasteiger partial charge in [0, 0.05) is 6.61 Å². The lowest BCUT2D eigenvalue weighted by Gasteiger charge is -2.18. The van der Waals surface area contributed by atoms with E-state index in [-0.39, 0.29) is 18.0 Å². The summed E-state index contributed by atoms with van der Waals surface area (Å²) in [4.78, 5) is 26.2. The zero-order chi connectivity index (χ0) is 17.1. The highest BCUT2D eigenvalue weighted by Gasteiger charge is 2.34. The Morgan fingerprint density at radius 1 is 1.46 bits per heavy atom. The predicted molar refractivity (Wildman–Crippen MR) is 96.6 cm³/mol. The van der Waals surface area contributed by atoms with Crippen LogP contribution in [0.25, 0.3) is 6.08 Å². The van der Waals surface area contributed by atoms with E-state index in [1.165, 1.54) is 18.9 Å². The van der Waals surface area contributed by atoms with E-state index in [0.29, 0.717) is 21.3 Å². The molecule has 2 saturated heterocycles. The van der Waals surface area contributed by atoms with Crippen LogP contribution in [0.5, 0.6) is 0 Å². The number of nitrogens with zero attached hydrogens (tertiary/aromatic N) is 1. The third-order valence-electron chi connectivity index (χ3n) is 3.91. The Balaban J connectivity index is 1.72. The zero-order valence-corrected chi connectivity index (χ0v) is 14.8. The first-order chi connectivity index (χ1) is 11.6. The van der Waals surface area contributed by atoms with Gasteiger partial charge in [0.25, 0.3) is 5.91 Å². The molecule has 24 heavy (non-hydrogen) atoms. The van der Waals surface area contributed by atoms with E-state index in [1.807, 2.05) is 0 Å². The first kappa shape index (κ1) is 17.1. The van der Waals surface area contributed by atoms with Gasteiger partial charge in [-0.2, -0.15) is 0 Å². The van der Waals surface area contributed by atoms with Crippen LogP contribution < -0.4 is 0 Å². The average Bonchev–Trinajstić information content (AvgIpc) is 3.19. The molecule has 1 aromatic carbocycles. The van der Waals surface area contributed by atoms with Gasteiger partial charge in [-0.15, -0.1) is 0 Å². The molecular weight excluding hydrogens is 346 g/mol. The van der Waals surface area contributed by atoms with E-state index in [1.54, 1.807) is 35.2 Å². The van der Waals surface area contributed by atoms with E-state index < -0.39 is 0 Å². The van der Waals surface area contributed by atoms with Crippen molar-refractivity contribution in [2.24, 2.45) is 0 Å². The lowest BCUT2D eigenvalue weighted by atomic mass is 10.1. The van der Waals surface area contributed by atoms with Gasteiger partial charge in [0.15, 0.2) is 0 Å². The fourth-order valence-corrected chi connectivity index (χ4v) is 3.91. The largest absolute Gasteiger partial charge is 0.465 e. The maximum absolute atomic E-state index is 12.5. The summed E-state index contributed by atoms with van der Waals surface area (Å²) in [6, 6.07) is 6.90. The minimum atomic E-state index is -0.385. The number of rotatable bonds is 4. The van der Waals surface area contributed by atoms with Crippen LogP contribution in [-0.4, -0.2) is 47.5 Å². The summed E-state index contributed by atoms with van der Waals surface area (Å²) in [5.74, 6) is -0.470. The van der Waals surface area contributed by atoms with E-state index >= 15 is 0 Å². The molecule has 0 unspecified atom stereocenters. The molecule has 2 aliphatic heterocycles. The Morgan fingerprint density at radius 3 is 2.83 bits per heavy atom. The topological polar surface area (TPSA) is 55.8 Å². The highest BCUT2D eigenvalue weighted by molar-refractivity contribution is 8.26. The number of carbonyl (C=O) groups is 2. The number of ether oxygens (including phenoxy) is 2. The second-order valence-electron chi connectivity index (χ2n) is 5.54. The maximum atomic E-state index is 12.5. The van der Waals surface area contributed by atoms with Crippen LogP contribution in [0, 0.1) is 0 Å². The van der Waals surface area contributed by atoms with Gasteiger partial charge in [0.1, 0.15) is 4.32 Å². The Hall–Kier alpha value is -1.70. The van der Waals surface area contributed by atoms with Gasteiger partial charge < -0.3 is 9.47 Å². The first-order valence-corrected chi connectivity index (χ1v) is 8.86. The van der Waals surface area contributed by atoms with Crippen molar-refractivity contribution < 1.29 is 19.1 Å². The Morgan fingerprint density at radius 2 is 2.21 bits per heavy atom. The SMILES string of the molecule is COC(=O)c1ccc(/C=C2\SC(=S)N(C[C@@H]3CCCO3)C2=O)cc1. The van der Waals surface area contributed by atoms with Crippen LogP contribution in [0.4, 0.5) is 0 Å². The molecule has 1 aromatic rings. The molecule has 3 rings (SSSR count). The van der Waals surface area contributed by atoms with Crippen molar-refractivity contribution in [2.75, 3.05) is 20.3 Å². The molecule has 0 aromatic heterocycles. The summed E-state index contributed by atoms with van der Waals surface area (Å²) in [7, 11) is 1.34. The highest BCUT2D eigenvalue weighted by Crippen LogP contribution is 2.33. The lowest BCUT2D eigenvalue weighted by molar-refractivity contribution is -0.123. The summed E-state index contributed by atoms with van der Waals surface area (Å²) >= 11 is 6.62. The zero-order valence-electron chi connectivity index (χ0n) is 13.2. The van der Waals surface area contributed by atoms with Crippen molar-refractivity contribution >= 4 is 46.3 Å². The number of esters is 1. The number of benzene rings is 1. The van der Waals surface area contributed by atoms with Gasteiger partial charge in [-0.1, -0.05) is 36.1 Å². The molecule has 126 valence electrons. The van der Waals surface area contributed by atoms with Crippen molar-refractivity contribution in [2.45, 2.75) is 18.9 Å². The van der Waals surface area contributed by atoms with Gasteiger partial charge >= 0.3 is 5.97 Å². The second kappa shape index (κ2) is 7.46. The summed E-state index contributed by atoms with van der Waals surface area (Å²) in [5, 5.41) is 0. The number of methoxy groups -OCH3 is 1. The average molecular weight is 363 g/mol. The van der Waals surface area contributed by atoms with Crippen LogP contribution in [0.1, 0.15) is 28.8 Å². The van der Waals surface area contributed by atoms with Crippen molar-refractivity contribution in [1.29, 1.82) is 0 Å². The predicted octanol–water partition coefficient (Wildman–Crippen LogP) is 2.85. The molecule has 2 fully saturated rings. The smallest absolute Gasteiger partial charge is 0.337 e. The fraction of sp³-hybridized carbons (Fsp3) is 0.353. The van der Waals surface area contributed by atoms with Gasteiger partial charge in [-0.25, -0.2) is 4.79 Å². The monoisotopic (exact) mass is 363 g/mol. The molecule has 7 heteroatoms. The molecule has 0 bridgehead atoms. The van der Waals surface area contributed by atoms with Gasteiger partial charge in [0.05, 0.1) is 30.2 Å². The van der Waals surface area contributed by atoms with E-state index in [4.69, 9.17) is 17.0 Å². The van der Waals surface area contributed by atoms with Crippen molar-refractivity contribution in [1.82, 2.24) is 4.90 Å². The Kier molecular flexibility index (Phi) is 5.33. The molecule has 0 radical (unpaired) electrons. The quantitative estimate of drug-likeness (QED) is 0.466. The molecule has 0 saturated carbocycles. The summed E-state index contributed by atoms with van der Waals surface area (Å²) in [6.45, 7) is 1.27. The number of thiocarbonyl (C=S) groups is 1. The number of amides is 1. The maximum Gasteiger partial charge on any atom is 0.337 e. The third-order valence-corrected chi connectivity index (χ3v) is 5.29. The molecule has 0 spiro atoms. The number of carbonyl (C=O) groups excluding carboxylic acids is 2. The summed E-state index contributed by atoms with van der Waals surface area (Å²) < 4.78 is 10.8. The minimum Gasteiger partial charge on any atom is -0.465 e. The van der Waals surface area contributed by atoms with Crippen LogP contribution in [0.2, 0.25) is 0 Å². The molecular formula is C17H17NO4S2. The molecule has 2 heterocycles. The van der Waals surface area contributed by atoms with Gasteiger partial charge in [0.2, 0.25) is 0 Å². The lowest BCUT2D eigenvalue weighted by Crippen LogP contribution is -2.35. The van der Waals surface area contributed by atoms with Crippen LogP contribution in [-0.2, 0) is 14.3 Å². The molecule has 0 aliphatic carbocycles. The highest BCUT2D eigenvalue weighted by atomic mass is 32.2. The number of hydrogen-bond acceptors (Lipinski definition) is 6. The number of thioether (sulfide) groups is 1. The van der Waals surface area contributed by atoms with Gasteiger partial charge in [-0.05, 0) is 36.6 Å². The van der Waals surface area contributed by atoms with Crippen molar-refractivity contribution in [3.05, 3.63) is 40.3 Å². The Bertz CT molecular complexity index is 693. The molecule has 1 atom stereocenters. The first-order valence-electron chi connectivity index (χ1n) is 7.64. The summed E-state index contributed by atoms with van der Waals surface area (Å²) in [5.41, 5.74) is 1.31. The number of hydrogen-bond donors (Lipinski definition) is 0. The van der Waals surface area contributed by atoms with E-state index in [2.05, 4.69) is 4.74 Å². The van der Waals surface area contributed by atoms with Crippen molar-refractivity contribution in [3.63, 3.8) is 0 Å². The van der Waals surface area contributed by atoms with Crippen LogP contribution in [0.15, 0.2) is 29.2 Å². The Labute approximate surface area is 150 Å². The summed E-state index contributed by atoms with van der Waals surface area (Å²) in [6.07, 6.45) is 3.86. The van der Waals surface area contributed by atoms with Crippen molar-refractivity contribution in [3.8, 4) is 0 Å². The molecule has 2 aliphatic rings. The molecule has 1 amide bonds. The van der Waals surface area contributed by atoms with E-state index in [9.17, 15) is 9.59 Å².